The van der Waals surface area contributed by atoms with Gasteiger partial charge < -0.3 is 10.1 Å². The van der Waals surface area contributed by atoms with Gasteiger partial charge in [0.1, 0.15) is 17.5 Å². The normalized spacial score (nSPS) is 9.60. The summed E-state index contributed by atoms with van der Waals surface area (Å²) in [6, 6.07) is 8.76. The molecule has 0 aliphatic heterocycles. The average molecular weight is 268 g/mol. The first kappa shape index (κ1) is 13.5. The Morgan fingerprint density at radius 3 is 2.85 bits per heavy atom. The number of carbonyl (C=O) groups is 1. The van der Waals surface area contributed by atoms with Gasteiger partial charge in [-0.25, -0.2) is 4.98 Å². The van der Waals surface area contributed by atoms with Gasteiger partial charge in [-0.3, -0.25) is 9.78 Å². The van der Waals surface area contributed by atoms with E-state index in [1.165, 1.54) is 12.4 Å². The standard InChI is InChI=1S/C14H12N4O2/c1-10-8-17-12(9-16-10)14(19)18-11-4-2-3-5-13(11)20-7-6-15/h2-5,8-9H,7H2,1H3,(H,18,19). The van der Waals surface area contributed by atoms with Crippen molar-refractivity contribution in [3.8, 4) is 11.8 Å². The molecule has 1 amide bonds. The summed E-state index contributed by atoms with van der Waals surface area (Å²) in [6.45, 7) is 1.71. The smallest absolute Gasteiger partial charge is 0.275 e. The molecule has 0 aliphatic carbocycles. The number of hydrogen-bond acceptors (Lipinski definition) is 5. The Bertz CT molecular complexity index is 647. The van der Waals surface area contributed by atoms with Crippen LogP contribution in [-0.4, -0.2) is 22.5 Å². The van der Waals surface area contributed by atoms with Crippen LogP contribution in [0.1, 0.15) is 16.2 Å². The minimum absolute atomic E-state index is 0.0861. The molecule has 2 rings (SSSR count). The number of ether oxygens (including phenoxy) is 1. The first-order valence-electron chi connectivity index (χ1n) is 5.89. The zero-order chi connectivity index (χ0) is 14.4. The molecular weight excluding hydrogens is 256 g/mol. The van der Waals surface area contributed by atoms with E-state index in [2.05, 4.69) is 15.3 Å². The highest BCUT2D eigenvalue weighted by Crippen LogP contribution is 2.23. The first-order valence-corrected chi connectivity index (χ1v) is 5.89. The number of rotatable bonds is 4. The van der Waals surface area contributed by atoms with Crippen LogP contribution in [0.15, 0.2) is 36.7 Å². The van der Waals surface area contributed by atoms with E-state index >= 15 is 0 Å². The lowest BCUT2D eigenvalue weighted by Crippen LogP contribution is -2.15. The van der Waals surface area contributed by atoms with E-state index in [1.54, 1.807) is 31.2 Å². The Morgan fingerprint density at radius 1 is 1.35 bits per heavy atom. The summed E-state index contributed by atoms with van der Waals surface area (Å²) in [7, 11) is 0. The van der Waals surface area contributed by atoms with Gasteiger partial charge in [-0.1, -0.05) is 12.1 Å². The molecule has 100 valence electrons. The molecule has 0 radical (unpaired) electrons. The van der Waals surface area contributed by atoms with Gasteiger partial charge in [-0.05, 0) is 19.1 Å². The third-order valence-corrected chi connectivity index (χ3v) is 2.44. The second kappa shape index (κ2) is 6.29. The molecule has 1 heterocycles. The third-order valence-electron chi connectivity index (χ3n) is 2.44. The maximum atomic E-state index is 12.0. The van der Waals surface area contributed by atoms with Gasteiger partial charge in [-0.15, -0.1) is 0 Å². The van der Waals surface area contributed by atoms with Gasteiger partial charge in [0.2, 0.25) is 0 Å². The molecule has 0 atom stereocenters. The number of nitrogens with zero attached hydrogens (tertiary/aromatic N) is 3. The molecule has 20 heavy (non-hydrogen) atoms. The summed E-state index contributed by atoms with van der Waals surface area (Å²) < 4.78 is 5.23. The molecule has 6 heteroatoms. The number of aromatic nitrogens is 2. The molecule has 0 unspecified atom stereocenters. The molecule has 0 aliphatic rings. The Morgan fingerprint density at radius 2 is 2.15 bits per heavy atom. The second-order valence-corrected chi connectivity index (χ2v) is 3.94. The highest BCUT2D eigenvalue weighted by molar-refractivity contribution is 6.03. The molecule has 1 aromatic carbocycles. The first-order chi connectivity index (χ1) is 9.70. The molecule has 0 saturated heterocycles. The van der Waals surface area contributed by atoms with Gasteiger partial charge in [0.05, 0.1) is 17.6 Å². The molecular formula is C14H12N4O2. The Hall–Kier alpha value is -2.94. The van der Waals surface area contributed by atoms with Crippen LogP contribution in [0.3, 0.4) is 0 Å². The average Bonchev–Trinajstić information content (AvgIpc) is 2.47. The van der Waals surface area contributed by atoms with Gasteiger partial charge in [0, 0.05) is 6.20 Å². The predicted octanol–water partition coefficient (Wildman–Crippen LogP) is 1.94. The van der Waals surface area contributed by atoms with E-state index in [0.717, 1.165) is 5.69 Å². The van der Waals surface area contributed by atoms with Crippen molar-refractivity contribution in [1.82, 2.24) is 9.97 Å². The molecule has 0 fully saturated rings. The number of aryl methyl sites for hydroxylation is 1. The number of anilines is 1. The van der Waals surface area contributed by atoms with Crippen molar-refractivity contribution in [3.63, 3.8) is 0 Å². The van der Waals surface area contributed by atoms with E-state index in [0.29, 0.717) is 11.4 Å². The van der Waals surface area contributed by atoms with E-state index in [4.69, 9.17) is 10.00 Å². The molecule has 6 nitrogen and oxygen atoms in total. The lowest BCUT2D eigenvalue weighted by Gasteiger charge is -2.10. The van der Waals surface area contributed by atoms with Crippen molar-refractivity contribution >= 4 is 11.6 Å². The lowest BCUT2D eigenvalue weighted by atomic mass is 10.3. The number of carbonyl (C=O) groups excluding carboxylic acids is 1. The van der Waals surface area contributed by atoms with Crippen molar-refractivity contribution in [2.45, 2.75) is 6.92 Å². The van der Waals surface area contributed by atoms with E-state index in [-0.39, 0.29) is 18.2 Å². The summed E-state index contributed by atoms with van der Waals surface area (Å²) in [5.74, 6) is 0.0491. The highest BCUT2D eigenvalue weighted by Gasteiger charge is 2.11. The molecule has 1 N–H and O–H groups in total. The molecule has 1 aromatic heterocycles. The Kier molecular flexibility index (Phi) is 4.24. The monoisotopic (exact) mass is 268 g/mol. The van der Waals surface area contributed by atoms with Gasteiger partial charge in [0.15, 0.2) is 6.61 Å². The zero-order valence-corrected chi connectivity index (χ0v) is 10.8. The second-order valence-electron chi connectivity index (χ2n) is 3.94. The summed E-state index contributed by atoms with van der Waals surface area (Å²) in [6.07, 6.45) is 2.93. The van der Waals surface area contributed by atoms with Crippen LogP contribution in [-0.2, 0) is 0 Å². The SMILES string of the molecule is Cc1cnc(C(=O)Nc2ccccc2OCC#N)cn1. The van der Waals surface area contributed by atoms with Crippen LogP contribution < -0.4 is 10.1 Å². The summed E-state index contributed by atoms with van der Waals surface area (Å²) in [4.78, 5) is 20.0. The number of amides is 1. The van der Waals surface area contributed by atoms with Gasteiger partial charge >= 0.3 is 0 Å². The third kappa shape index (κ3) is 3.29. The van der Waals surface area contributed by atoms with E-state index < -0.39 is 0 Å². The van der Waals surface area contributed by atoms with Crippen LogP contribution in [0.5, 0.6) is 5.75 Å². The van der Waals surface area contributed by atoms with E-state index in [1.807, 2.05) is 6.07 Å². The van der Waals surface area contributed by atoms with Crippen LogP contribution in [0.25, 0.3) is 0 Å². The van der Waals surface area contributed by atoms with Crippen LogP contribution in [0.2, 0.25) is 0 Å². The summed E-state index contributed by atoms with van der Waals surface area (Å²) in [5.41, 5.74) is 1.43. The number of nitrogens with one attached hydrogen (secondary N) is 1. The number of nitriles is 1. The fourth-order valence-corrected chi connectivity index (χ4v) is 1.50. The van der Waals surface area contributed by atoms with Crippen LogP contribution in [0, 0.1) is 18.3 Å². The van der Waals surface area contributed by atoms with E-state index in [9.17, 15) is 4.79 Å². The van der Waals surface area contributed by atoms with Crippen LogP contribution >= 0.6 is 0 Å². The fraction of sp³-hybridized carbons (Fsp3) is 0.143. The number of para-hydroxylation sites is 2. The van der Waals surface area contributed by atoms with Gasteiger partial charge in [0.25, 0.3) is 5.91 Å². The summed E-state index contributed by atoms with van der Waals surface area (Å²) >= 11 is 0. The van der Waals surface area contributed by atoms with Crippen molar-refractivity contribution in [1.29, 1.82) is 5.26 Å². The maximum Gasteiger partial charge on any atom is 0.275 e. The Balaban J connectivity index is 2.15. The van der Waals surface area contributed by atoms with Crippen LogP contribution in [0.4, 0.5) is 5.69 Å². The quantitative estimate of drug-likeness (QED) is 0.915. The highest BCUT2D eigenvalue weighted by atomic mass is 16.5. The summed E-state index contributed by atoms with van der Waals surface area (Å²) in [5, 5.41) is 11.2. The van der Waals surface area contributed by atoms with Gasteiger partial charge in [-0.2, -0.15) is 5.26 Å². The predicted molar refractivity (Wildman–Crippen MR) is 72.3 cm³/mol. The topological polar surface area (TPSA) is 87.9 Å². The molecule has 0 saturated carbocycles. The van der Waals surface area contributed by atoms with Crippen molar-refractivity contribution in [2.75, 3.05) is 11.9 Å². The van der Waals surface area contributed by atoms with Crippen molar-refractivity contribution in [3.05, 3.63) is 48.0 Å². The number of hydrogen-bond donors (Lipinski definition) is 1. The molecule has 0 spiro atoms. The zero-order valence-electron chi connectivity index (χ0n) is 10.8. The minimum atomic E-state index is -0.384. The fourth-order valence-electron chi connectivity index (χ4n) is 1.50. The maximum absolute atomic E-state index is 12.0. The number of benzene rings is 1. The van der Waals surface area contributed by atoms with Crippen molar-refractivity contribution < 1.29 is 9.53 Å². The largest absolute Gasteiger partial charge is 0.477 e. The molecule has 0 bridgehead atoms. The van der Waals surface area contributed by atoms with Crippen molar-refractivity contribution in [2.24, 2.45) is 0 Å². The molecule has 2 aromatic rings. The lowest BCUT2D eigenvalue weighted by molar-refractivity contribution is 0.102. The Labute approximate surface area is 116 Å². The minimum Gasteiger partial charge on any atom is -0.477 e.